The minimum atomic E-state index is -0.475. The molecule has 4 nitrogen and oxygen atoms in total. The maximum absolute atomic E-state index is 12.6. The number of carbonyl (C=O) groups is 1. The summed E-state index contributed by atoms with van der Waals surface area (Å²) in [5.74, 6) is 3.88. The van der Waals surface area contributed by atoms with Gasteiger partial charge in [-0.25, -0.2) is 10.2 Å². The molecule has 0 aromatic carbocycles. The first-order valence-corrected chi connectivity index (χ1v) is 4.45. The highest BCUT2D eigenvalue weighted by Gasteiger charge is 2.05. The van der Waals surface area contributed by atoms with Gasteiger partial charge in [0.1, 0.15) is 5.83 Å². The second kappa shape index (κ2) is 9.85. The van der Waals surface area contributed by atoms with E-state index in [0.717, 1.165) is 0 Å². The lowest BCUT2D eigenvalue weighted by atomic mass is 10.3. The number of allylic oxidation sites excluding steroid dienone is 1. The number of hydrogen-bond donors (Lipinski definition) is 2. The first kappa shape index (κ1) is 15.3. The van der Waals surface area contributed by atoms with Crippen molar-refractivity contribution in [2.75, 3.05) is 0 Å². The van der Waals surface area contributed by atoms with Crippen LogP contribution in [-0.2, 0) is 4.79 Å². The molecule has 0 fully saturated rings. The van der Waals surface area contributed by atoms with Gasteiger partial charge in [0, 0.05) is 6.21 Å². The smallest absolute Gasteiger partial charge is 0.239 e. The molecule has 82 valence electrons. The Labute approximate surface area is 84.1 Å². The monoisotopic (exact) mass is 203 g/mol. The Balaban J connectivity index is 0. The van der Waals surface area contributed by atoms with Crippen LogP contribution in [0.2, 0.25) is 0 Å². The summed E-state index contributed by atoms with van der Waals surface area (Å²) < 4.78 is 12.6. The van der Waals surface area contributed by atoms with Crippen molar-refractivity contribution in [2.45, 2.75) is 34.1 Å². The van der Waals surface area contributed by atoms with Crippen molar-refractivity contribution >= 4 is 12.1 Å². The third-order valence-electron chi connectivity index (χ3n) is 1.17. The van der Waals surface area contributed by atoms with Gasteiger partial charge in [-0.15, -0.1) is 0 Å². The fourth-order valence-electron chi connectivity index (χ4n) is 0.615. The van der Waals surface area contributed by atoms with E-state index in [4.69, 9.17) is 5.84 Å². The van der Waals surface area contributed by atoms with Crippen LogP contribution in [0.3, 0.4) is 0 Å². The first-order chi connectivity index (χ1) is 6.61. The predicted molar refractivity (Wildman–Crippen MR) is 56.3 cm³/mol. The van der Waals surface area contributed by atoms with Crippen molar-refractivity contribution in [3.05, 3.63) is 11.5 Å². The summed E-state index contributed by atoms with van der Waals surface area (Å²) in [6, 6.07) is 0. The molecular weight excluding hydrogens is 185 g/mol. The van der Waals surface area contributed by atoms with Gasteiger partial charge in [0.2, 0.25) is 5.91 Å². The molecule has 0 aromatic heterocycles. The van der Waals surface area contributed by atoms with Gasteiger partial charge in [-0.3, -0.25) is 15.2 Å². The first-order valence-electron chi connectivity index (χ1n) is 4.45. The number of halogens is 1. The van der Waals surface area contributed by atoms with E-state index in [0.29, 0.717) is 0 Å². The third kappa shape index (κ3) is 7.42. The van der Waals surface area contributed by atoms with E-state index in [-0.39, 0.29) is 12.1 Å². The summed E-state index contributed by atoms with van der Waals surface area (Å²) in [5, 5.41) is 0. The van der Waals surface area contributed by atoms with E-state index in [9.17, 15) is 9.18 Å². The number of nitrogens with one attached hydrogen (secondary N) is 1. The number of nitrogens with zero attached hydrogens (tertiary/aromatic N) is 1. The SMILES string of the molecule is CC.CC=N/C(CC(=O)NN)=C(\C)F. The van der Waals surface area contributed by atoms with Gasteiger partial charge < -0.3 is 0 Å². The van der Waals surface area contributed by atoms with E-state index in [1.54, 1.807) is 6.92 Å². The molecule has 0 aliphatic carbocycles. The molecule has 1 amide bonds. The lowest BCUT2D eigenvalue weighted by molar-refractivity contribution is -0.120. The van der Waals surface area contributed by atoms with Gasteiger partial charge in [0.05, 0.1) is 12.1 Å². The standard InChI is InChI=1S/C7H12FN3O.C2H6/c1-3-10-6(5(2)8)4-7(12)11-9;1-2/h3H,4,9H2,1-2H3,(H,11,12);1-2H3/b6-5+,10-3?;. The highest BCUT2D eigenvalue weighted by molar-refractivity contribution is 5.78. The van der Waals surface area contributed by atoms with Crippen LogP contribution in [0.1, 0.15) is 34.1 Å². The number of amides is 1. The Bertz CT molecular complexity index is 220. The van der Waals surface area contributed by atoms with Gasteiger partial charge in [-0.05, 0) is 13.8 Å². The molecule has 0 rings (SSSR count). The summed E-state index contributed by atoms with van der Waals surface area (Å²) in [7, 11) is 0. The number of carbonyl (C=O) groups excluding carboxylic acids is 1. The average Bonchev–Trinajstić information content (AvgIpc) is 2.19. The maximum Gasteiger partial charge on any atom is 0.239 e. The van der Waals surface area contributed by atoms with Crippen LogP contribution < -0.4 is 11.3 Å². The van der Waals surface area contributed by atoms with Crippen LogP contribution in [0, 0.1) is 0 Å². The van der Waals surface area contributed by atoms with Gasteiger partial charge in [0.25, 0.3) is 0 Å². The second-order valence-corrected chi connectivity index (χ2v) is 2.11. The number of hydrogen-bond acceptors (Lipinski definition) is 3. The molecule has 5 heteroatoms. The molecule has 0 atom stereocenters. The minimum Gasteiger partial charge on any atom is -0.294 e. The quantitative estimate of drug-likeness (QED) is 0.317. The number of aliphatic imine (C=N–C) groups is 1. The number of rotatable bonds is 3. The topological polar surface area (TPSA) is 67.5 Å². The van der Waals surface area contributed by atoms with Crippen LogP contribution >= 0.6 is 0 Å². The van der Waals surface area contributed by atoms with Gasteiger partial charge in [0.15, 0.2) is 0 Å². The number of hydrazine groups is 1. The van der Waals surface area contributed by atoms with E-state index >= 15 is 0 Å². The molecule has 3 N–H and O–H groups in total. The van der Waals surface area contributed by atoms with Crippen molar-refractivity contribution in [2.24, 2.45) is 10.8 Å². The van der Waals surface area contributed by atoms with E-state index in [1.165, 1.54) is 13.1 Å². The predicted octanol–water partition coefficient (Wildman–Crippen LogP) is 1.68. The number of nitrogens with two attached hydrogens (primary N) is 1. The van der Waals surface area contributed by atoms with Crippen LogP contribution in [0.25, 0.3) is 0 Å². The molecule has 0 aliphatic rings. The highest BCUT2D eigenvalue weighted by Crippen LogP contribution is 2.10. The summed E-state index contributed by atoms with van der Waals surface area (Å²) in [6.07, 6.45) is 1.28. The lowest BCUT2D eigenvalue weighted by Crippen LogP contribution is -2.30. The molecule has 0 saturated heterocycles. The molecule has 0 bridgehead atoms. The van der Waals surface area contributed by atoms with Crippen LogP contribution in [0.15, 0.2) is 16.5 Å². The molecule has 0 spiro atoms. The molecule has 0 unspecified atom stereocenters. The van der Waals surface area contributed by atoms with Crippen molar-refractivity contribution < 1.29 is 9.18 Å². The molecule has 0 heterocycles. The molecule has 0 aliphatic heterocycles. The summed E-state index contributed by atoms with van der Waals surface area (Å²) in [6.45, 7) is 6.88. The van der Waals surface area contributed by atoms with Crippen LogP contribution in [0.5, 0.6) is 0 Å². The zero-order valence-corrected chi connectivity index (χ0v) is 9.10. The molecule has 0 radical (unpaired) electrons. The summed E-state index contributed by atoms with van der Waals surface area (Å²) >= 11 is 0. The Morgan fingerprint density at radius 1 is 1.57 bits per heavy atom. The Kier molecular flexibility index (Phi) is 10.7. The fraction of sp³-hybridized carbons (Fsp3) is 0.556. The normalized spacial score (nSPS) is 11.6. The van der Waals surface area contributed by atoms with E-state index < -0.39 is 11.7 Å². The largest absolute Gasteiger partial charge is 0.294 e. The van der Waals surface area contributed by atoms with E-state index in [1.807, 2.05) is 19.3 Å². The molecule has 14 heavy (non-hydrogen) atoms. The molecule has 0 saturated carbocycles. The maximum atomic E-state index is 12.6. The molecular formula is C9H18FN3O. The third-order valence-corrected chi connectivity index (χ3v) is 1.17. The average molecular weight is 203 g/mol. The van der Waals surface area contributed by atoms with Crippen molar-refractivity contribution in [1.82, 2.24) is 5.43 Å². The Hall–Kier alpha value is -1.23. The molecule has 0 aromatic rings. The fourth-order valence-corrected chi connectivity index (χ4v) is 0.615. The summed E-state index contributed by atoms with van der Waals surface area (Å²) in [5.41, 5.74) is 1.99. The zero-order valence-electron chi connectivity index (χ0n) is 9.10. The Morgan fingerprint density at radius 3 is 2.36 bits per heavy atom. The van der Waals surface area contributed by atoms with Gasteiger partial charge in [-0.1, -0.05) is 13.8 Å². The lowest BCUT2D eigenvalue weighted by Gasteiger charge is -2.00. The zero-order chi connectivity index (χ0) is 11.6. The van der Waals surface area contributed by atoms with E-state index in [2.05, 4.69) is 4.99 Å². The van der Waals surface area contributed by atoms with Gasteiger partial charge in [-0.2, -0.15) is 0 Å². The summed E-state index contributed by atoms with van der Waals surface area (Å²) in [4.78, 5) is 14.4. The minimum absolute atomic E-state index is 0.0976. The highest BCUT2D eigenvalue weighted by atomic mass is 19.1. The van der Waals surface area contributed by atoms with Gasteiger partial charge >= 0.3 is 0 Å². The van der Waals surface area contributed by atoms with Crippen molar-refractivity contribution in [3.8, 4) is 0 Å². The second-order valence-electron chi connectivity index (χ2n) is 2.11. The van der Waals surface area contributed by atoms with Crippen molar-refractivity contribution in [1.29, 1.82) is 0 Å². The van der Waals surface area contributed by atoms with Crippen molar-refractivity contribution in [3.63, 3.8) is 0 Å². The Morgan fingerprint density at radius 2 is 2.07 bits per heavy atom. The van der Waals surface area contributed by atoms with Crippen LogP contribution in [0.4, 0.5) is 4.39 Å². The van der Waals surface area contributed by atoms with Crippen LogP contribution in [-0.4, -0.2) is 12.1 Å².